The third kappa shape index (κ3) is 5.37. The van der Waals surface area contributed by atoms with Crippen LogP contribution in [0.1, 0.15) is 38.8 Å². The fourth-order valence-corrected chi connectivity index (χ4v) is 2.43. The molecule has 1 amide bonds. The van der Waals surface area contributed by atoms with Crippen LogP contribution in [0.3, 0.4) is 0 Å². The summed E-state index contributed by atoms with van der Waals surface area (Å²) < 4.78 is 14.0. The first-order valence-electron chi connectivity index (χ1n) is 8.45. The van der Waals surface area contributed by atoms with Crippen molar-refractivity contribution in [2.75, 3.05) is 5.32 Å². The number of rotatable bonds is 5. The Morgan fingerprint density at radius 3 is 2.33 bits per heavy atom. The molecule has 1 N–H and O–H groups in total. The molecular weight excluding hydrogens is 371 g/mol. The number of amides is 1. The summed E-state index contributed by atoms with van der Waals surface area (Å²) in [6.45, 7) is 11.3. The minimum absolute atomic E-state index is 0.103. The molecular formula is C20H22ClFN2O3. The maximum atomic E-state index is 14.0. The number of carbonyl (C=O) groups is 1. The normalized spacial score (nSPS) is 10.0. The number of benzene rings is 2. The molecule has 2 aromatic carbocycles. The van der Waals surface area contributed by atoms with E-state index < -0.39 is 16.4 Å². The Morgan fingerprint density at radius 1 is 1.22 bits per heavy atom. The molecule has 0 aliphatic heterocycles. The molecule has 0 aliphatic carbocycles. The molecule has 0 saturated heterocycles. The van der Waals surface area contributed by atoms with Gasteiger partial charge in [0, 0.05) is 34.2 Å². The Labute approximate surface area is 163 Å². The Kier molecular flexibility index (Phi) is 8.12. The van der Waals surface area contributed by atoms with E-state index in [1.165, 1.54) is 0 Å². The summed E-state index contributed by atoms with van der Waals surface area (Å²) >= 11 is 6.16. The molecule has 2 rings (SSSR count). The van der Waals surface area contributed by atoms with Crippen LogP contribution in [0.25, 0.3) is 5.57 Å². The molecule has 2 aromatic rings. The van der Waals surface area contributed by atoms with Crippen molar-refractivity contribution in [3.8, 4) is 0 Å². The van der Waals surface area contributed by atoms with Gasteiger partial charge in [0.05, 0.1) is 10.6 Å². The Hall–Kier alpha value is -2.73. The smallest absolute Gasteiger partial charge is 0.305 e. The van der Waals surface area contributed by atoms with Crippen molar-refractivity contribution in [1.82, 2.24) is 0 Å². The standard InChI is InChI=1S/C18H16ClFN2O3.C2H6/c1-10(2)18(23)21-16-9-15(20)17(22(24)25)8-13(16)11(3)12-6-4-5-7-14(12)19;1-2/h4-10H,3H2,1-2H3,(H,21,23);1-2H3. The van der Waals surface area contributed by atoms with Crippen LogP contribution < -0.4 is 5.32 Å². The van der Waals surface area contributed by atoms with Crippen LogP contribution in [-0.2, 0) is 4.79 Å². The minimum atomic E-state index is -1.04. The highest BCUT2D eigenvalue weighted by molar-refractivity contribution is 6.32. The van der Waals surface area contributed by atoms with Crippen molar-refractivity contribution in [1.29, 1.82) is 0 Å². The molecule has 0 bridgehead atoms. The number of hydrogen-bond donors (Lipinski definition) is 1. The summed E-state index contributed by atoms with van der Waals surface area (Å²) in [7, 11) is 0. The molecule has 7 heteroatoms. The van der Waals surface area contributed by atoms with Crippen molar-refractivity contribution < 1.29 is 14.1 Å². The lowest BCUT2D eigenvalue weighted by atomic mass is 9.97. The van der Waals surface area contributed by atoms with Crippen molar-refractivity contribution in [2.45, 2.75) is 27.7 Å². The fourth-order valence-electron chi connectivity index (χ4n) is 2.18. The van der Waals surface area contributed by atoms with E-state index in [0.717, 1.165) is 12.1 Å². The van der Waals surface area contributed by atoms with Gasteiger partial charge in [0.15, 0.2) is 0 Å². The number of hydrogen-bond acceptors (Lipinski definition) is 3. The molecule has 0 aromatic heterocycles. The van der Waals surface area contributed by atoms with Gasteiger partial charge in [-0.3, -0.25) is 14.9 Å². The van der Waals surface area contributed by atoms with Gasteiger partial charge in [0.1, 0.15) is 0 Å². The second kappa shape index (κ2) is 9.83. The molecule has 0 fully saturated rings. The van der Waals surface area contributed by atoms with E-state index in [1.807, 2.05) is 13.8 Å². The van der Waals surface area contributed by atoms with Gasteiger partial charge in [0.25, 0.3) is 0 Å². The average molecular weight is 393 g/mol. The highest BCUT2D eigenvalue weighted by atomic mass is 35.5. The average Bonchev–Trinajstić information content (AvgIpc) is 2.63. The number of nitro groups is 1. The van der Waals surface area contributed by atoms with Gasteiger partial charge in [-0.15, -0.1) is 0 Å². The third-order valence-corrected chi connectivity index (χ3v) is 3.92. The van der Waals surface area contributed by atoms with Crippen molar-refractivity contribution in [3.63, 3.8) is 0 Å². The van der Waals surface area contributed by atoms with E-state index in [9.17, 15) is 19.3 Å². The van der Waals surface area contributed by atoms with E-state index >= 15 is 0 Å². The largest absolute Gasteiger partial charge is 0.325 e. The van der Waals surface area contributed by atoms with Gasteiger partial charge in [-0.05, 0) is 11.6 Å². The molecule has 0 saturated carbocycles. The minimum Gasteiger partial charge on any atom is -0.325 e. The second-order valence-electron chi connectivity index (χ2n) is 5.71. The molecule has 5 nitrogen and oxygen atoms in total. The number of carbonyl (C=O) groups excluding carboxylic acids is 1. The lowest BCUT2D eigenvalue weighted by Gasteiger charge is -2.16. The van der Waals surface area contributed by atoms with E-state index in [4.69, 9.17) is 11.6 Å². The van der Waals surface area contributed by atoms with Crippen LogP contribution in [0.5, 0.6) is 0 Å². The van der Waals surface area contributed by atoms with E-state index in [1.54, 1.807) is 38.1 Å². The number of nitrogens with zero attached hydrogens (tertiary/aromatic N) is 1. The van der Waals surface area contributed by atoms with Gasteiger partial charge in [-0.2, -0.15) is 4.39 Å². The zero-order chi connectivity index (χ0) is 20.7. The Morgan fingerprint density at radius 2 is 1.81 bits per heavy atom. The van der Waals surface area contributed by atoms with E-state index in [2.05, 4.69) is 11.9 Å². The van der Waals surface area contributed by atoms with Gasteiger partial charge in [-0.25, -0.2) is 0 Å². The first-order chi connectivity index (χ1) is 12.7. The number of anilines is 1. The topological polar surface area (TPSA) is 72.2 Å². The van der Waals surface area contributed by atoms with Crippen LogP contribution in [0.2, 0.25) is 5.02 Å². The SMILES string of the molecule is C=C(c1ccccc1Cl)c1cc([N+](=O)[O-])c(F)cc1NC(=O)C(C)C.CC. The van der Waals surface area contributed by atoms with E-state index in [0.29, 0.717) is 16.2 Å². The maximum absolute atomic E-state index is 14.0. The lowest BCUT2D eigenvalue weighted by molar-refractivity contribution is -0.387. The van der Waals surface area contributed by atoms with Gasteiger partial charge >= 0.3 is 5.69 Å². The van der Waals surface area contributed by atoms with Crippen molar-refractivity contribution in [3.05, 3.63) is 75.1 Å². The maximum Gasteiger partial charge on any atom is 0.305 e. The molecule has 0 radical (unpaired) electrons. The fraction of sp³-hybridized carbons (Fsp3) is 0.250. The molecule has 27 heavy (non-hydrogen) atoms. The number of nitro benzene ring substituents is 1. The Bertz CT molecular complexity index is 866. The van der Waals surface area contributed by atoms with Crippen LogP contribution in [0.4, 0.5) is 15.8 Å². The first-order valence-corrected chi connectivity index (χ1v) is 8.83. The summed E-state index contributed by atoms with van der Waals surface area (Å²) in [6.07, 6.45) is 0. The zero-order valence-corrected chi connectivity index (χ0v) is 16.4. The van der Waals surface area contributed by atoms with E-state index in [-0.39, 0.29) is 23.1 Å². The van der Waals surface area contributed by atoms with Crippen molar-refractivity contribution in [2.24, 2.45) is 5.92 Å². The summed E-state index contributed by atoms with van der Waals surface area (Å²) in [5.74, 6) is -1.74. The quantitative estimate of drug-likeness (QED) is 0.495. The summed E-state index contributed by atoms with van der Waals surface area (Å²) in [5.41, 5.74) is 0.505. The highest BCUT2D eigenvalue weighted by Crippen LogP contribution is 2.36. The monoisotopic (exact) mass is 392 g/mol. The van der Waals surface area contributed by atoms with Crippen LogP contribution >= 0.6 is 11.6 Å². The van der Waals surface area contributed by atoms with Gasteiger partial charge < -0.3 is 5.32 Å². The molecule has 0 aliphatic rings. The van der Waals surface area contributed by atoms with Gasteiger partial charge in [0.2, 0.25) is 11.7 Å². The summed E-state index contributed by atoms with van der Waals surface area (Å²) in [6, 6.07) is 8.78. The number of nitrogens with one attached hydrogen (secondary N) is 1. The van der Waals surface area contributed by atoms with Crippen LogP contribution in [-0.4, -0.2) is 10.8 Å². The molecule has 0 heterocycles. The molecule has 144 valence electrons. The van der Waals surface area contributed by atoms with Crippen molar-refractivity contribution >= 4 is 34.5 Å². The lowest BCUT2D eigenvalue weighted by Crippen LogP contribution is -2.19. The Balaban J connectivity index is 0.00000176. The second-order valence-corrected chi connectivity index (χ2v) is 6.12. The van der Waals surface area contributed by atoms with Crippen LogP contribution in [0.15, 0.2) is 43.0 Å². The zero-order valence-electron chi connectivity index (χ0n) is 15.7. The molecule has 0 spiro atoms. The van der Waals surface area contributed by atoms with Gasteiger partial charge in [-0.1, -0.05) is 64.1 Å². The molecule has 0 unspecified atom stereocenters. The predicted molar refractivity (Wildman–Crippen MR) is 107 cm³/mol. The first kappa shape index (κ1) is 22.3. The third-order valence-electron chi connectivity index (χ3n) is 3.59. The van der Waals surface area contributed by atoms with Crippen LogP contribution in [0, 0.1) is 21.8 Å². The predicted octanol–water partition coefficient (Wildman–Crippen LogP) is 6.07. The molecule has 0 atom stereocenters. The summed E-state index contributed by atoms with van der Waals surface area (Å²) in [4.78, 5) is 22.2. The summed E-state index contributed by atoms with van der Waals surface area (Å²) in [5, 5.41) is 14.0. The highest BCUT2D eigenvalue weighted by Gasteiger charge is 2.22. The number of halogens is 2.